The first-order valence-corrected chi connectivity index (χ1v) is 8.81. The average molecular weight is 378 g/mol. The minimum Gasteiger partial charge on any atom is -0.497 e. The van der Waals surface area contributed by atoms with Gasteiger partial charge in [-0.15, -0.1) is 0 Å². The predicted octanol–water partition coefficient (Wildman–Crippen LogP) is 2.01. The molecule has 2 aromatic carbocycles. The first-order chi connectivity index (χ1) is 13.5. The molecule has 2 N–H and O–H groups in total. The van der Waals surface area contributed by atoms with Crippen molar-refractivity contribution in [3.8, 4) is 5.75 Å². The third kappa shape index (κ3) is 3.80. The molecular formula is C18H17NO6S. The first-order valence-electron chi connectivity index (χ1n) is 8.90. The van der Waals surface area contributed by atoms with E-state index in [1.165, 1.54) is 55.6 Å². The fourth-order valence-corrected chi connectivity index (χ4v) is 3.05. The minimum absolute atomic E-state index is 0.0633. The summed E-state index contributed by atoms with van der Waals surface area (Å²) < 4.78 is 64.2. The number of nitrogens with two attached hydrogens (primary N) is 1. The number of rotatable bonds is 6. The molecular weight excluding hydrogens is 358 g/mol. The van der Waals surface area contributed by atoms with Gasteiger partial charge in [0.2, 0.25) is 17.4 Å². The number of hydrogen-bond acceptors (Lipinski definition) is 7. The third-order valence-corrected chi connectivity index (χ3v) is 4.28. The molecule has 0 saturated heterocycles. The molecule has 0 spiro atoms. The molecule has 0 saturated carbocycles. The van der Waals surface area contributed by atoms with E-state index in [0.717, 1.165) is 0 Å². The Bertz CT molecular complexity index is 1070. The highest BCUT2D eigenvalue weighted by Gasteiger charge is 2.39. The Morgan fingerprint density at radius 3 is 2.46 bits per heavy atom. The van der Waals surface area contributed by atoms with Crippen LogP contribution in [-0.4, -0.2) is 21.3 Å². The Morgan fingerprint density at radius 1 is 1.19 bits per heavy atom. The maximum absolute atomic E-state index is 12.7. The topological polar surface area (TPSA) is 105 Å². The summed E-state index contributed by atoms with van der Waals surface area (Å²) in [5.74, 6) is -2.38. The van der Waals surface area contributed by atoms with E-state index in [4.69, 9.17) is 23.5 Å². The Morgan fingerprint density at radius 2 is 1.85 bits per heavy atom. The van der Waals surface area contributed by atoms with Crippen LogP contribution in [-0.2, 0) is 29.5 Å². The van der Waals surface area contributed by atoms with E-state index in [1.807, 2.05) is 0 Å². The number of ketones is 1. The lowest BCUT2D eigenvalue weighted by Crippen LogP contribution is -2.16. The van der Waals surface area contributed by atoms with Crippen molar-refractivity contribution in [1.29, 1.82) is 0 Å². The summed E-state index contributed by atoms with van der Waals surface area (Å²) in [4.78, 5) is 12.7. The normalized spacial score (nSPS) is 22.2. The molecule has 3 rings (SSSR count). The molecule has 0 unspecified atom stereocenters. The van der Waals surface area contributed by atoms with Gasteiger partial charge in [-0.1, -0.05) is 42.5 Å². The van der Waals surface area contributed by atoms with Crippen molar-refractivity contribution >= 4 is 15.9 Å². The molecule has 8 heteroatoms. The maximum atomic E-state index is 12.7. The molecule has 1 aliphatic heterocycles. The largest absolute Gasteiger partial charge is 0.497 e. The summed E-state index contributed by atoms with van der Waals surface area (Å²) in [6.45, 7) is 0. The van der Waals surface area contributed by atoms with E-state index in [2.05, 4.69) is 0 Å². The molecule has 1 atom stereocenters. The van der Waals surface area contributed by atoms with Crippen LogP contribution in [0.25, 0.3) is 0 Å². The Kier molecular flexibility index (Phi) is 3.87. The number of methoxy groups -OCH3 is 1. The molecule has 0 aliphatic carbocycles. The molecule has 0 radical (unpaired) electrons. The van der Waals surface area contributed by atoms with Gasteiger partial charge in [0.1, 0.15) is 11.5 Å². The molecule has 0 amide bonds. The molecule has 26 heavy (non-hydrogen) atoms. The molecule has 2 aromatic rings. The van der Waals surface area contributed by atoms with Gasteiger partial charge in [-0.2, -0.15) is 8.42 Å². The summed E-state index contributed by atoms with van der Waals surface area (Å²) in [5.41, 5.74) is 2.50. The van der Waals surface area contributed by atoms with E-state index >= 15 is 0 Å². The standard InChI is InChI=1S/C18H17NO6S/c1-23-14-9-7-13(8-10-14)16-15(20)17(18(19)24-16)25-26(21,22)11-12-5-3-2-4-6-12/h2-10,16H,11,19H2,1H3/t16-/m1/s1/i11D2,16D. The fourth-order valence-electron chi connectivity index (χ4n) is 2.21. The smallest absolute Gasteiger partial charge is 0.313 e. The van der Waals surface area contributed by atoms with Crippen molar-refractivity contribution in [3.05, 3.63) is 77.4 Å². The number of hydrogen-bond donors (Lipinski definition) is 1. The third-order valence-electron chi connectivity index (χ3n) is 3.41. The quantitative estimate of drug-likeness (QED) is 0.767. The zero-order valence-electron chi connectivity index (χ0n) is 16.6. The number of Topliss-reactive ketones (excluding diaryl/α,β-unsaturated/α-hetero) is 1. The van der Waals surface area contributed by atoms with Gasteiger partial charge in [0.15, 0.2) is 6.08 Å². The van der Waals surface area contributed by atoms with E-state index < -0.39 is 39.3 Å². The summed E-state index contributed by atoms with van der Waals surface area (Å²) in [7, 11) is -3.57. The van der Waals surface area contributed by atoms with Crippen molar-refractivity contribution in [2.75, 3.05) is 7.11 Å². The SMILES string of the molecule is [2H]C([2H])(c1ccccc1)S(=O)(=O)OC1=C(N)O[C@]([2H])(c2ccc(OC)cc2)C1=O. The van der Waals surface area contributed by atoms with Crippen LogP contribution in [0.1, 0.15) is 21.3 Å². The summed E-state index contributed by atoms with van der Waals surface area (Å²) in [5, 5.41) is 0. The zero-order valence-corrected chi connectivity index (χ0v) is 14.4. The van der Waals surface area contributed by atoms with Crippen LogP contribution in [0.3, 0.4) is 0 Å². The highest BCUT2D eigenvalue weighted by atomic mass is 32.2. The number of ether oxygens (including phenoxy) is 2. The Balaban J connectivity index is 1.91. The predicted molar refractivity (Wildman–Crippen MR) is 93.2 cm³/mol. The van der Waals surface area contributed by atoms with Gasteiger partial charge in [-0.05, 0) is 17.7 Å². The highest BCUT2D eigenvalue weighted by molar-refractivity contribution is 7.86. The lowest BCUT2D eigenvalue weighted by atomic mass is 10.1. The Labute approximate surface area is 155 Å². The van der Waals surface area contributed by atoms with Crippen molar-refractivity contribution in [2.24, 2.45) is 5.73 Å². The molecule has 7 nitrogen and oxygen atoms in total. The second kappa shape index (κ2) is 7.09. The van der Waals surface area contributed by atoms with Gasteiger partial charge in [0.05, 0.1) is 11.2 Å². The van der Waals surface area contributed by atoms with Crippen LogP contribution in [0.15, 0.2) is 66.2 Å². The minimum atomic E-state index is -5.01. The second-order valence-electron chi connectivity index (χ2n) is 5.19. The van der Waals surface area contributed by atoms with E-state index in [1.54, 1.807) is 6.07 Å². The summed E-state index contributed by atoms with van der Waals surface area (Å²) in [6.07, 6.45) is -2.37. The van der Waals surface area contributed by atoms with Gasteiger partial charge in [0, 0.05) is 5.56 Å². The molecule has 1 heterocycles. The number of carbonyl (C=O) groups excluding carboxylic acids is 1. The summed E-state index contributed by atoms with van der Waals surface area (Å²) >= 11 is 0. The van der Waals surface area contributed by atoms with Crippen LogP contribution in [0.4, 0.5) is 0 Å². The molecule has 1 aliphatic rings. The van der Waals surface area contributed by atoms with Crippen molar-refractivity contribution in [2.45, 2.75) is 11.8 Å². The van der Waals surface area contributed by atoms with E-state index in [9.17, 15) is 13.2 Å². The molecule has 0 bridgehead atoms. The van der Waals surface area contributed by atoms with Crippen molar-refractivity contribution in [1.82, 2.24) is 0 Å². The first kappa shape index (κ1) is 14.2. The maximum Gasteiger partial charge on any atom is 0.313 e. The summed E-state index contributed by atoms with van der Waals surface area (Å²) in [6, 6.07) is 12.8. The number of benzene rings is 2. The lowest BCUT2D eigenvalue weighted by Gasteiger charge is -2.10. The fraction of sp³-hybridized carbons (Fsp3) is 0.167. The van der Waals surface area contributed by atoms with Crippen LogP contribution in [0.5, 0.6) is 5.75 Å². The zero-order chi connectivity index (χ0) is 21.4. The molecule has 136 valence electrons. The molecule has 0 fully saturated rings. The van der Waals surface area contributed by atoms with Crippen LogP contribution < -0.4 is 10.5 Å². The van der Waals surface area contributed by atoms with Crippen LogP contribution >= 0.6 is 0 Å². The molecule has 0 aromatic heterocycles. The van der Waals surface area contributed by atoms with Crippen LogP contribution in [0.2, 0.25) is 0 Å². The monoisotopic (exact) mass is 378 g/mol. The highest BCUT2D eigenvalue weighted by Crippen LogP contribution is 2.33. The number of carbonyl (C=O) groups is 1. The average Bonchev–Trinajstić information content (AvgIpc) is 2.92. The Hall–Kier alpha value is -3.00. The van der Waals surface area contributed by atoms with Crippen molar-refractivity contribution in [3.63, 3.8) is 0 Å². The van der Waals surface area contributed by atoms with Crippen molar-refractivity contribution < 1.29 is 31.0 Å². The van der Waals surface area contributed by atoms with Crippen LogP contribution in [0, 0.1) is 0 Å². The van der Waals surface area contributed by atoms with Gasteiger partial charge in [-0.25, -0.2) is 0 Å². The lowest BCUT2D eigenvalue weighted by molar-refractivity contribution is -0.123. The van der Waals surface area contributed by atoms with Gasteiger partial charge in [0.25, 0.3) is 0 Å². The van der Waals surface area contributed by atoms with E-state index in [0.29, 0.717) is 5.75 Å². The van der Waals surface area contributed by atoms with Gasteiger partial charge >= 0.3 is 10.1 Å². The van der Waals surface area contributed by atoms with Gasteiger partial charge < -0.3 is 19.4 Å². The van der Waals surface area contributed by atoms with E-state index in [-0.39, 0.29) is 11.1 Å². The van der Waals surface area contributed by atoms with Gasteiger partial charge in [-0.3, -0.25) is 4.79 Å². The second-order valence-corrected chi connectivity index (χ2v) is 6.47.